The van der Waals surface area contributed by atoms with Gasteiger partial charge in [0.2, 0.25) is 0 Å². The van der Waals surface area contributed by atoms with E-state index in [1.165, 1.54) is 12.0 Å². The lowest BCUT2D eigenvalue weighted by molar-refractivity contribution is -0.0258. The number of likely N-dealkylation sites (tertiary alicyclic amines) is 1. The standard InChI is InChI=1S/C17H27NO/c1-3-6-15-7-5-8-16(14-15)17(19)9-12-18(11-4-2)13-10-17/h5,7-8,14,19H,3-4,6,9-13H2,1-2H3. The summed E-state index contributed by atoms with van der Waals surface area (Å²) in [6.45, 7) is 7.61. The van der Waals surface area contributed by atoms with Crippen molar-refractivity contribution in [2.24, 2.45) is 0 Å². The molecular formula is C17H27NO. The molecule has 0 aromatic heterocycles. The van der Waals surface area contributed by atoms with Crippen LogP contribution in [0.5, 0.6) is 0 Å². The molecule has 1 aromatic rings. The normalized spacial score (nSPS) is 19.5. The van der Waals surface area contributed by atoms with Gasteiger partial charge in [-0.05, 0) is 43.4 Å². The first kappa shape index (κ1) is 14.5. The van der Waals surface area contributed by atoms with E-state index >= 15 is 0 Å². The zero-order valence-electron chi connectivity index (χ0n) is 12.4. The fourth-order valence-corrected chi connectivity index (χ4v) is 3.06. The molecule has 1 aliphatic heterocycles. The minimum atomic E-state index is -0.603. The van der Waals surface area contributed by atoms with Crippen LogP contribution in [0.4, 0.5) is 0 Å². The maximum absolute atomic E-state index is 10.9. The molecule has 19 heavy (non-hydrogen) atoms. The summed E-state index contributed by atoms with van der Waals surface area (Å²) in [6, 6.07) is 8.56. The Balaban J connectivity index is 2.06. The molecule has 1 aromatic carbocycles. The highest BCUT2D eigenvalue weighted by molar-refractivity contribution is 5.29. The van der Waals surface area contributed by atoms with Gasteiger partial charge >= 0.3 is 0 Å². The second kappa shape index (κ2) is 6.53. The molecule has 1 heterocycles. The van der Waals surface area contributed by atoms with E-state index in [1.807, 2.05) is 0 Å². The topological polar surface area (TPSA) is 23.5 Å². The van der Waals surface area contributed by atoms with Crippen LogP contribution in [0.3, 0.4) is 0 Å². The second-order valence-electron chi connectivity index (χ2n) is 5.82. The third kappa shape index (κ3) is 3.58. The number of benzene rings is 1. The van der Waals surface area contributed by atoms with E-state index in [1.54, 1.807) is 0 Å². The van der Waals surface area contributed by atoms with Gasteiger partial charge in [0.25, 0.3) is 0 Å². The lowest BCUT2D eigenvalue weighted by Gasteiger charge is -2.38. The number of aliphatic hydroxyl groups is 1. The summed E-state index contributed by atoms with van der Waals surface area (Å²) in [5.74, 6) is 0. The molecule has 0 bridgehead atoms. The van der Waals surface area contributed by atoms with E-state index in [9.17, 15) is 5.11 Å². The molecule has 1 fully saturated rings. The lowest BCUT2D eigenvalue weighted by atomic mass is 9.83. The summed E-state index contributed by atoms with van der Waals surface area (Å²) >= 11 is 0. The zero-order chi connectivity index (χ0) is 13.7. The minimum absolute atomic E-state index is 0.603. The van der Waals surface area contributed by atoms with Crippen LogP contribution in [-0.4, -0.2) is 29.6 Å². The van der Waals surface area contributed by atoms with Crippen LogP contribution in [0.25, 0.3) is 0 Å². The van der Waals surface area contributed by atoms with Crippen molar-refractivity contribution in [3.05, 3.63) is 35.4 Å². The van der Waals surface area contributed by atoms with Gasteiger partial charge in [-0.3, -0.25) is 0 Å². The van der Waals surface area contributed by atoms with Crippen molar-refractivity contribution in [1.29, 1.82) is 0 Å². The highest BCUT2D eigenvalue weighted by Crippen LogP contribution is 2.33. The van der Waals surface area contributed by atoms with E-state index in [2.05, 4.69) is 43.0 Å². The largest absolute Gasteiger partial charge is 0.385 e. The molecule has 106 valence electrons. The first-order valence-electron chi connectivity index (χ1n) is 7.72. The van der Waals surface area contributed by atoms with Crippen LogP contribution in [-0.2, 0) is 12.0 Å². The van der Waals surface area contributed by atoms with Gasteiger partial charge in [0, 0.05) is 13.1 Å². The average molecular weight is 261 g/mol. The molecule has 1 aliphatic rings. The third-order valence-corrected chi connectivity index (χ3v) is 4.23. The number of aryl methyl sites for hydroxylation is 1. The molecule has 1 saturated heterocycles. The van der Waals surface area contributed by atoms with Crippen LogP contribution in [0.2, 0.25) is 0 Å². The third-order valence-electron chi connectivity index (χ3n) is 4.23. The maximum atomic E-state index is 10.9. The van der Waals surface area contributed by atoms with Crippen molar-refractivity contribution >= 4 is 0 Å². The van der Waals surface area contributed by atoms with Crippen molar-refractivity contribution in [2.45, 2.75) is 51.6 Å². The van der Waals surface area contributed by atoms with Gasteiger partial charge in [0.15, 0.2) is 0 Å². The van der Waals surface area contributed by atoms with Gasteiger partial charge in [0.1, 0.15) is 0 Å². The number of nitrogens with zero attached hydrogens (tertiary/aromatic N) is 1. The van der Waals surface area contributed by atoms with Crippen LogP contribution >= 0.6 is 0 Å². The van der Waals surface area contributed by atoms with E-state index in [-0.39, 0.29) is 0 Å². The number of rotatable bonds is 5. The molecule has 2 nitrogen and oxygen atoms in total. The van der Waals surface area contributed by atoms with Crippen molar-refractivity contribution in [3.8, 4) is 0 Å². The zero-order valence-corrected chi connectivity index (χ0v) is 12.4. The van der Waals surface area contributed by atoms with Crippen LogP contribution in [0.15, 0.2) is 24.3 Å². The molecule has 0 spiro atoms. The van der Waals surface area contributed by atoms with E-state index < -0.39 is 5.60 Å². The van der Waals surface area contributed by atoms with E-state index in [4.69, 9.17) is 0 Å². The van der Waals surface area contributed by atoms with Crippen LogP contribution in [0.1, 0.15) is 50.7 Å². The minimum Gasteiger partial charge on any atom is -0.385 e. The van der Waals surface area contributed by atoms with Crippen molar-refractivity contribution in [2.75, 3.05) is 19.6 Å². The lowest BCUT2D eigenvalue weighted by Crippen LogP contribution is -2.42. The number of hydrogen-bond donors (Lipinski definition) is 1. The van der Waals surface area contributed by atoms with E-state index in [0.29, 0.717) is 0 Å². The van der Waals surface area contributed by atoms with E-state index in [0.717, 1.165) is 50.9 Å². The van der Waals surface area contributed by atoms with Gasteiger partial charge in [-0.25, -0.2) is 0 Å². The van der Waals surface area contributed by atoms with Gasteiger partial charge in [-0.15, -0.1) is 0 Å². The highest BCUT2D eigenvalue weighted by atomic mass is 16.3. The van der Waals surface area contributed by atoms with Crippen LogP contribution in [0, 0.1) is 0 Å². The summed E-state index contributed by atoms with van der Waals surface area (Å²) in [5, 5.41) is 10.9. The molecular weight excluding hydrogens is 234 g/mol. The van der Waals surface area contributed by atoms with Gasteiger partial charge in [0.05, 0.1) is 5.60 Å². The molecule has 1 N–H and O–H groups in total. The van der Waals surface area contributed by atoms with Gasteiger partial charge in [-0.2, -0.15) is 0 Å². The number of piperidine rings is 1. The first-order valence-corrected chi connectivity index (χ1v) is 7.72. The Morgan fingerprint density at radius 2 is 1.89 bits per heavy atom. The average Bonchev–Trinajstić information content (AvgIpc) is 2.43. The molecule has 0 unspecified atom stereocenters. The second-order valence-corrected chi connectivity index (χ2v) is 5.82. The van der Waals surface area contributed by atoms with Crippen molar-refractivity contribution in [1.82, 2.24) is 4.90 Å². The molecule has 0 saturated carbocycles. The quantitative estimate of drug-likeness (QED) is 0.879. The molecule has 0 aliphatic carbocycles. The SMILES string of the molecule is CCCc1cccc(C2(O)CCN(CCC)CC2)c1. The summed E-state index contributed by atoms with van der Waals surface area (Å²) in [6.07, 6.45) is 5.19. The van der Waals surface area contributed by atoms with Crippen LogP contribution < -0.4 is 0 Å². The predicted molar refractivity (Wildman–Crippen MR) is 80.3 cm³/mol. The summed E-state index contributed by atoms with van der Waals surface area (Å²) in [5.41, 5.74) is 1.87. The Morgan fingerprint density at radius 1 is 1.16 bits per heavy atom. The summed E-state index contributed by atoms with van der Waals surface area (Å²) < 4.78 is 0. The molecule has 2 rings (SSSR count). The molecule has 0 radical (unpaired) electrons. The Kier molecular flexibility index (Phi) is 5.00. The highest BCUT2D eigenvalue weighted by Gasteiger charge is 2.33. The Morgan fingerprint density at radius 3 is 2.53 bits per heavy atom. The van der Waals surface area contributed by atoms with Gasteiger partial charge in [-0.1, -0.05) is 44.5 Å². The molecule has 0 amide bonds. The Bertz CT molecular complexity index is 394. The summed E-state index contributed by atoms with van der Waals surface area (Å²) in [4.78, 5) is 2.46. The fraction of sp³-hybridized carbons (Fsp3) is 0.647. The van der Waals surface area contributed by atoms with Crippen molar-refractivity contribution in [3.63, 3.8) is 0 Å². The van der Waals surface area contributed by atoms with Crippen molar-refractivity contribution < 1.29 is 5.11 Å². The molecule has 0 atom stereocenters. The van der Waals surface area contributed by atoms with Gasteiger partial charge < -0.3 is 10.0 Å². The number of hydrogen-bond acceptors (Lipinski definition) is 2. The summed E-state index contributed by atoms with van der Waals surface area (Å²) in [7, 11) is 0. The first-order chi connectivity index (χ1) is 9.18. The predicted octanol–water partition coefficient (Wildman–Crippen LogP) is 3.33. The Hall–Kier alpha value is -0.860. The Labute approximate surface area is 117 Å². The fourth-order valence-electron chi connectivity index (χ4n) is 3.06. The monoisotopic (exact) mass is 261 g/mol. The molecule has 2 heteroatoms. The smallest absolute Gasteiger partial charge is 0.0921 e. The maximum Gasteiger partial charge on any atom is 0.0921 e.